The van der Waals surface area contributed by atoms with Crippen LogP contribution in [0.3, 0.4) is 0 Å². The van der Waals surface area contributed by atoms with Crippen LogP contribution in [0.1, 0.15) is 18.9 Å². The molecule has 128 valence electrons. The Morgan fingerprint density at radius 1 is 1.27 bits per heavy atom. The monoisotopic (exact) mass is 361 g/mol. The zero-order chi connectivity index (χ0) is 17.7. The van der Waals surface area contributed by atoms with E-state index < -0.39 is 12.0 Å². The molecule has 3 aliphatic rings. The van der Waals surface area contributed by atoms with Crippen molar-refractivity contribution < 1.29 is 49.0 Å². The van der Waals surface area contributed by atoms with E-state index in [0.29, 0.717) is 18.5 Å². The van der Waals surface area contributed by atoms with Crippen LogP contribution < -0.4 is 34.7 Å². The van der Waals surface area contributed by atoms with Gasteiger partial charge in [-0.3, -0.25) is 14.6 Å². The van der Waals surface area contributed by atoms with Gasteiger partial charge in [0.25, 0.3) is 5.91 Å². The summed E-state index contributed by atoms with van der Waals surface area (Å²) in [4.78, 5) is 42.7. The second kappa shape index (κ2) is 6.98. The Balaban J connectivity index is 0.00000196. The number of carbonyl (C=O) groups excluding carboxylic acids is 3. The second-order valence-electron chi connectivity index (χ2n) is 6.55. The van der Waals surface area contributed by atoms with Crippen LogP contribution in [0.15, 0.2) is 41.9 Å². The van der Waals surface area contributed by atoms with Gasteiger partial charge in [0.05, 0.1) is 17.7 Å². The normalized spacial score (nSPS) is 26.5. The van der Waals surface area contributed by atoms with E-state index in [0.717, 1.165) is 5.56 Å². The number of aliphatic carboxylic acids is 1. The van der Waals surface area contributed by atoms with Gasteiger partial charge < -0.3 is 19.7 Å². The third-order valence-electron chi connectivity index (χ3n) is 5.17. The number of hydrogen-bond acceptors (Lipinski definition) is 5. The Morgan fingerprint density at radius 2 is 1.96 bits per heavy atom. The fourth-order valence-electron chi connectivity index (χ4n) is 4.11. The largest absolute Gasteiger partial charge is 1.00 e. The summed E-state index contributed by atoms with van der Waals surface area (Å²) in [6.45, 7) is 1.91. The van der Waals surface area contributed by atoms with Gasteiger partial charge in [-0.1, -0.05) is 12.2 Å². The van der Waals surface area contributed by atoms with Gasteiger partial charge >= 0.3 is 29.6 Å². The fraction of sp³-hybridized carbons (Fsp3) is 0.333. The van der Waals surface area contributed by atoms with Gasteiger partial charge in [-0.15, -0.1) is 0 Å². The van der Waals surface area contributed by atoms with Gasteiger partial charge in [-0.05, 0) is 29.7 Å². The van der Waals surface area contributed by atoms with Crippen LogP contribution >= 0.6 is 0 Å². The number of carboxylic acids is 1. The molecule has 0 spiro atoms. The molecule has 8 heteroatoms. The van der Waals surface area contributed by atoms with E-state index in [1.807, 2.05) is 0 Å². The summed E-state index contributed by atoms with van der Waals surface area (Å²) < 4.78 is 0. The molecule has 1 aromatic rings. The van der Waals surface area contributed by atoms with Gasteiger partial charge in [-0.2, -0.15) is 0 Å². The quantitative estimate of drug-likeness (QED) is 0.413. The van der Waals surface area contributed by atoms with E-state index >= 15 is 0 Å². The second-order valence-corrected chi connectivity index (χ2v) is 6.55. The third-order valence-corrected chi connectivity index (χ3v) is 5.17. The first-order chi connectivity index (χ1) is 12.0. The summed E-state index contributed by atoms with van der Waals surface area (Å²) in [7, 11) is 0. The summed E-state index contributed by atoms with van der Waals surface area (Å²) in [6.07, 6.45) is 7.30. The molecule has 0 N–H and O–H groups in total. The van der Waals surface area contributed by atoms with E-state index in [2.05, 4.69) is 4.98 Å². The molecule has 26 heavy (non-hydrogen) atoms. The van der Waals surface area contributed by atoms with Crippen LogP contribution in [0.4, 0.5) is 0 Å². The molecule has 2 unspecified atom stereocenters. The minimum Gasteiger partial charge on any atom is -0.543 e. The first kappa shape index (κ1) is 18.8. The van der Waals surface area contributed by atoms with E-state index in [1.165, 1.54) is 11.8 Å². The van der Waals surface area contributed by atoms with Crippen LogP contribution in [0.5, 0.6) is 0 Å². The van der Waals surface area contributed by atoms with Crippen molar-refractivity contribution in [3.05, 3.63) is 47.4 Å². The van der Waals surface area contributed by atoms with E-state index in [-0.39, 0.29) is 59.0 Å². The fourth-order valence-corrected chi connectivity index (χ4v) is 4.11. The Kier molecular flexibility index (Phi) is 5.05. The average Bonchev–Trinajstić information content (AvgIpc) is 2.96. The average molecular weight is 361 g/mol. The van der Waals surface area contributed by atoms with Crippen LogP contribution in [-0.4, -0.2) is 51.2 Å². The van der Waals surface area contributed by atoms with Crippen molar-refractivity contribution in [3.8, 4) is 0 Å². The molecule has 3 atom stereocenters. The maximum absolute atomic E-state index is 12.5. The molecular formula is C18H16N3NaO4. The number of carboxylic acid groups (broad SMARTS) is 1. The van der Waals surface area contributed by atoms with Crippen molar-refractivity contribution in [1.29, 1.82) is 0 Å². The molecular weight excluding hydrogens is 345 g/mol. The first-order valence-electron chi connectivity index (χ1n) is 8.12. The molecule has 0 saturated carbocycles. The zero-order valence-electron chi connectivity index (χ0n) is 14.6. The van der Waals surface area contributed by atoms with Crippen molar-refractivity contribution in [3.63, 3.8) is 0 Å². The molecule has 3 aliphatic heterocycles. The number of amides is 2. The van der Waals surface area contributed by atoms with Crippen LogP contribution in [0.2, 0.25) is 0 Å². The minimum absolute atomic E-state index is 0. The zero-order valence-corrected chi connectivity index (χ0v) is 16.6. The number of allylic oxidation sites excluding steroid dienone is 2. The maximum Gasteiger partial charge on any atom is 1.00 e. The number of β-lactam (4-membered cyclic amide) rings is 1. The molecule has 0 aliphatic carbocycles. The predicted molar refractivity (Wildman–Crippen MR) is 85.2 cm³/mol. The summed E-state index contributed by atoms with van der Waals surface area (Å²) in [6, 6.07) is 2.84. The summed E-state index contributed by atoms with van der Waals surface area (Å²) >= 11 is 0. The molecule has 0 radical (unpaired) electrons. The number of hydrogen-bond donors (Lipinski definition) is 0. The molecule has 0 aromatic carbocycles. The van der Waals surface area contributed by atoms with E-state index in [4.69, 9.17) is 0 Å². The Hall–Kier alpha value is -1.96. The van der Waals surface area contributed by atoms with Crippen LogP contribution in [0.25, 0.3) is 6.08 Å². The van der Waals surface area contributed by atoms with Crippen molar-refractivity contribution in [2.45, 2.75) is 25.4 Å². The van der Waals surface area contributed by atoms with Gasteiger partial charge in [0.15, 0.2) is 0 Å². The Labute approximate surface area is 172 Å². The number of pyridine rings is 1. The number of aromatic nitrogens is 1. The van der Waals surface area contributed by atoms with Crippen molar-refractivity contribution >= 4 is 23.9 Å². The van der Waals surface area contributed by atoms with Gasteiger partial charge in [0.1, 0.15) is 6.04 Å². The van der Waals surface area contributed by atoms with Gasteiger partial charge in [0.2, 0.25) is 5.91 Å². The van der Waals surface area contributed by atoms with Crippen molar-refractivity contribution in [2.24, 2.45) is 5.92 Å². The first-order valence-corrected chi connectivity index (χ1v) is 8.12. The molecule has 2 fully saturated rings. The maximum atomic E-state index is 12.5. The number of rotatable bonds is 3. The third kappa shape index (κ3) is 2.80. The number of nitrogens with zero attached hydrogens (tertiary/aromatic N) is 3. The molecule has 1 aromatic heterocycles. The standard InChI is InChI=1S/C18H17N3O4.Na/c1-10(22)20-9-13-8-12(3-2-11-4-6-19-7-5-11)15(18(24)25)21-14(13)16(20)17(21)23;/h2-7,13-14,16H,8-9H2,1H3,(H,24,25);/q;+1/p-1/b3-2+;/t13?,14-,16?;/m1./s1. The summed E-state index contributed by atoms with van der Waals surface area (Å²) in [5, 5.41) is 11.7. The predicted octanol–water partition coefficient (Wildman–Crippen LogP) is -3.44. The van der Waals surface area contributed by atoms with Crippen LogP contribution in [-0.2, 0) is 14.4 Å². The van der Waals surface area contributed by atoms with Crippen LogP contribution in [0, 0.1) is 5.92 Å². The SMILES string of the molecule is CC(=O)N1CC2CC(/C=C/c3ccncc3)=C(C(=O)[O-])N3C(=O)C1[C@@H]23.[Na+]. The van der Waals surface area contributed by atoms with E-state index in [9.17, 15) is 19.5 Å². The van der Waals surface area contributed by atoms with Gasteiger partial charge in [0, 0.05) is 31.8 Å². The molecule has 7 nitrogen and oxygen atoms in total. The Morgan fingerprint density at radius 3 is 2.58 bits per heavy atom. The Bertz CT molecular complexity index is 836. The molecule has 0 bridgehead atoms. The molecule has 2 saturated heterocycles. The van der Waals surface area contributed by atoms with Gasteiger partial charge in [-0.25, -0.2) is 0 Å². The summed E-state index contributed by atoms with van der Waals surface area (Å²) in [5.41, 5.74) is 1.36. The van der Waals surface area contributed by atoms with Crippen molar-refractivity contribution in [1.82, 2.24) is 14.8 Å². The smallest absolute Gasteiger partial charge is 0.543 e. The molecule has 2 amide bonds. The summed E-state index contributed by atoms with van der Waals surface area (Å²) in [5.74, 6) is -1.81. The molecule has 4 heterocycles. The topological polar surface area (TPSA) is 93.6 Å². The minimum atomic E-state index is -1.36. The molecule has 4 rings (SSSR count). The number of likely N-dealkylation sites (tertiary alicyclic amines) is 1. The van der Waals surface area contributed by atoms with E-state index in [1.54, 1.807) is 41.6 Å². The number of carbonyl (C=O) groups is 3. The van der Waals surface area contributed by atoms with Crippen molar-refractivity contribution in [2.75, 3.05) is 6.54 Å².